The molecule has 156 valence electrons. The Labute approximate surface area is 178 Å². The smallest absolute Gasteiger partial charge is 0.124 e. The van der Waals surface area contributed by atoms with Crippen LogP contribution in [0.15, 0.2) is 22.9 Å². The van der Waals surface area contributed by atoms with E-state index in [-0.39, 0.29) is 0 Å². The summed E-state index contributed by atoms with van der Waals surface area (Å²) in [5.74, 6) is 1.31. The summed E-state index contributed by atoms with van der Waals surface area (Å²) in [6, 6.07) is 4.08. The van der Waals surface area contributed by atoms with E-state index in [0.717, 1.165) is 46.1 Å². The number of rotatable bonds is 10. The maximum atomic E-state index is 12.0. The number of hydrogen-bond acceptors (Lipinski definition) is 4. The van der Waals surface area contributed by atoms with Crippen LogP contribution in [-0.4, -0.2) is 10.2 Å². The van der Waals surface area contributed by atoms with Crippen molar-refractivity contribution in [2.75, 3.05) is 0 Å². The van der Waals surface area contributed by atoms with Gasteiger partial charge in [0.2, 0.25) is 0 Å². The van der Waals surface area contributed by atoms with Gasteiger partial charge in [-0.3, -0.25) is 0 Å². The number of unbranched alkanes of at least 4 members (excludes halogenated alkanes) is 1. The normalized spacial score (nSPS) is 25.0. The van der Waals surface area contributed by atoms with Gasteiger partial charge in [-0.25, -0.2) is 0 Å². The summed E-state index contributed by atoms with van der Waals surface area (Å²) in [4.78, 5) is 2.30. The molecular formula is C24H36O2S2. The summed E-state index contributed by atoms with van der Waals surface area (Å²) in [6.45, 7) is 8.99. The summed E-state index contributed by atoms with van der Waals surface area (Å²) >= 11 is 3.38. The average molecular weight is 421 g/mol. The quantitative estimate of drug-likeness (QED) is 0.423. The van der Waals surface area contributed by atoms with Gasteiger partial charge in [0.1, 0.15) is 11.2 Å². The van der Waals surface area contributed by atoms with Crippen molar-refractivity contribution in [3.8, 4) is 9.75 Å². The molecule has 0 saturated carbocycles. The van der Waals surface area contributed by atoms with E-state index in [1.807, 2.05) is 12.1 Å². The molecule has 0 aromatic carbocycles. The van der Waals surface area contributed by atoms with Gasteiger partial charge in [0.15, 0.2) is 0 Å². The molecule has 2 heterocycles. The Morgan fingerprint density at radius 1 is 0.821 bits per heavy atom. The first-order valence-electron chi connectivity index (χ1n) is 10.9. The van der Waals surface area contributed by atoms with Crippen molar-refractivity contribution in [3.05, 3.63) is 34.0 Å². The summed E-state index contributed by atoms with van der Waals surface area (Å²) in [5, 5.41) is 28.1. The molecule has 0 aliphatic heterocycles. The van der Waals surface area contributed by atoms with Crippen molar-refractivity contribution in [1.82, 2.24) is 0 Å². The maximum absolute atomic E-state index is 12.0. The van der Waals surface area contributed by atoms with Gasteiger partial charge in [-0.2, -0.15) is 0 Å². The van der Waals surface area contributed by atoms with Gasteiger partial charge in [0.25, 0.3) is 0 Å². The topological polar surface area (TPSA) is 40.5 Å². The molecule has 1 aliphatic rings. The molecule has 28 heavy (non-hydrogen) atoms. The Morgan fingerprint density at radius 3 is 1.93 bits per heavy atom. The van der Waals surface area contributed by atoms with Crippen LogP contribution in [-0.2, 0) is 11.2 Å². The molecule has 1 aliphatic carbocycles. The average Bonchev–Trinajstić information content (AvgIpc) is 3.32. The minimum atomic E-state index is -1.20. The molecule has 2 nitrogen and oxygen atoms in total. The van der Waals surface area contributed by atoms with E-state index in [1.165, 1.54) is 19.3 Å². The highest BCUT2D eigenvalue weighted by molar-refractivity contribution is 7.20. The first kappa shape index (κ1) is 22.0. The SMILES string of the molecule is CCCCC1(O)c2ccsc2-c2sccc2C1(O)CCC(C)CCCC(C)C. The lowest BCUT2D eigenvalue weighted by Crippen LogP contribution is -2.51. The number of hydrogen-bond donors (Lipinski definition) is 2. The van der Waals surface area contributed by atoms with Gasteiger partial charge in [-0.05, 0) is 54.0 Å². The van der Waals surface area contributed by atoms with Gasteiger partial charge >= 0.3 is 0 Å². The van der Waals surface area contributed by atoms with E-state index < -0.39 is 11.2 Å². The Morgan fingerprint density at radius 2 is 1.39 bits per heavy atom. The van der Waals surface area contributed by atoms with Crippen molar-refractivity contribution in [1.29, 1.82) is 0 Å². The Balaban J connectivity index is 1.86. The molecule has 3 atom stereocenters. The Hall–Kier alpha value is -0.680. The second kappa shape index (κ2) is 8.99. The first-order chi connectivity index (χ1) is 13.3. The zero-order valence-electron chi connectivity index (χ0n) is 17.8. The van der Waals surface area contributed by atoms with Crippen molar-refractivity contribution >= 4 is 22.7 Å². The fourth-order valence-electron chi connectivity index (χ4n) is 4.66. The largest absolute Gasteiger partial charge is 0.382 e. The van der Waals surface area contributed by atoms with E-state index in [4.69, 9.17) is 0 Å². The molecule has 3 rings (SSSR count). The highest BCUT2D eigenvalue weighted by Gasteiger charge is 2.56. The van der Waals surface area contributed by atoms with Crippen LogP contribution in [0.1, 0.15) is 90.2 Å². The summed E-state index contributed by atoms with van der Waals surface area (Å²) in [6.07, 6.45) is 7.81. The van der Waals surface area contributed by atoms with Gasteiger partial charge in [0, 0.05) is 11.1 Å². The molecule has 0 amide bonds. The van der Waals surface area contributed by atoms with E-state index in [0.29, 0.717) is 18.8 Å². The lowest BCUT2D eigenvalue weighted by atomic mass is 9.65. The minimum absolute atomic E-state index is 0.559. The fourth-order valence-corrected chi connectivity index (χ4v) is 6.79. The van der Waals surface area contributed by atoms with Gasteiger partial charge in [-0.15, -0.1) is 22.7 Å². The molecule has 0 radical (unpaired) electrons. The van der Waals surface area contributed by atoms with Crippen molar-refractivity contribution < 1.29 is 10.2 Å². The van der Waals surface area contributed by atoms with Gasteiger partial charge in [0.05, 0.1) is 9.75 Å². The summed E-state index contributed by atoms with van der Waals surface area (Å²) in [5.41, 5.74) is -0.501. The lowest BCUT2D eigenvalue weighted by molar-refractivity contribution is -0.177. The maximum Gasteiger partial charge on any atom is 0.124 e. The molecular weight excluding hydrogens is 384 g/mol. The van der Waals surface area contributed by atoms with Crippen LogP contribution < -0.4 is 0 Å². The number of thiophene rings is 2. The summed E-state index contributed by atoms with van der Waals surface area (Å²) in [7, 11) is 0. The highest BCUT2D eigenvalue weighted by atomic mass is 32.1. The van der Waals surface area contributed by atoms with Gasteiger partial charge in [-0.1, -0.05) is 59.8 Å². The molecule has 3 unspecified atom stereocenters. The fraction of sp³-hybridized carbons (Fsp3) is 0.667. The molecule has 0 bridgehead atoms. The Kier molecular flexibility index (Phi) is 7.07. The second-order valence-electron chi connectivity index (χ2n) is 9.12. The number of fused-ring (bicyclic) bond motifs is 3. The first-order valence-corrected chi connectivity index (χ1v) is 12.7. The second-order valence-corrected chi connectivity index (χ2v) is 11.0. The summed E-state index contributed by atoms with van der Waals surface area (Å²) < 4.78 is 0. The third-order valence-corrected chi connectivity index (χ3v) is 8.47. The van der Waals surface area contributed by atoms with E-state index in [2.05, 4.69) is 38.5 Å². The van der Waals surface area contributed by atoms with Crippen molar-refractivity contribution in [2.24, 2.45) is 11.8 Å². The van der Waals surface area contributed by atoms with Crippen LogP contribution in [0.3, 0.4) is 0 Å². The molecule has 4 heteroatoms. The van der Waals surface area contributed by atoms with E-state index >= 15 is 0 Å². The third-order valence-electron chi connectivity index (χ3n) is 6.48. The van der Waals surface area contributed by atoms with Gasteiger partial charge < -0.3 is 10.2 Å². The molecule has 0 spiro atoms. The van der Waals surface area contributed by atoms with Crippen LogP contribution >= 0.6 is 22.7 Å². The molecule has 2 aromatic rings. The lowest BCUT2D eigenvalue weighted by Gasteiger charge is -2.47. The predicted molar refractivity (Wildman–Crippen MR) is 122 cm³/mol. The van der Waals surface area contributed by atoms with E-state index in [9.17, 15) is 10.2 Å². The highest BCUT2D eigenvalue weighted by Crippen LogP contribution is 2.58. The third kappa shape index (κ3) is 3.98. The molecule has 0 saturated heterocycles. The van der Waals surface area contributed by atoms with Crippen LogP contribution in [0.25, 0.3) is 9.75 Å². The molecule has 2 N–H and O–H groups in total. The molecule has 0 fully saturated rings. The molecule has 2 aromatic heterocycles. The van der Waals surface area contributed by atoms with Crippen LogP contribution in [0, 0.1) is 11.8 Å². The monoisotopic (exact) mass is 420 g/mol. The zero-order chi connectivity index (χ0) is 20.4. The van der Waals surface area contributed by atoms with E-state index in [1.54, 1.807) is 22.7 Å². The zero-order valence-corrected chi connectivity index (χ0v) is 19.5. The van der Waals surface area contributed by atoms with Crippen LogP contribution in [0.4, 0.5) is 0 Å². The van der Waals surface area contributed by atoms with Crippen LogP contribution in [0.5, 0.6) is 0 Å². The van der Waals surface area contributed by atoms with Crippen molar-refractivity contribution in [3.63, 3.8) is 0 Å². The Bertz CT molecular complexity index is 762. The number of aliphatic hydroxyl groups is 2. The minimum Gasteiger partial charge on any atom is -0.382 e. The predicted octanol–water partition coefficient (Wildman–Crippen LogP) is 7.30. The van der Waals surface area contributed by atoms with Crippen LogP contribution in [0.2, 0.25) is 0 Å². The standard InChI is InChI=1S/C24H36O2S2/c1-5-6-13-23(25)19-11-15-27-21(19)22-20(12-16-28-22)24(23,26)14-10-18(4)9-7-8-17(2)3/h11-12,15-18,25-26H,5-10,13-14H2,1-4H3. The van der Waals surface area contributed by atoms with Crippen molar-refractivity contribution in [2.45, 2.75) is 90.3 Å².